The maximum Gasteiger partial charge on any atom is 0.263 e. The third-order valence-electron chi connectivity index (χ3n) is 3.52. The molecular weight excluding hydrogens is 304 g/mol. The first-order valence-electron chi connectivity index (χ1n) is 7.59. The minimum atomic E-state index is -0.0612. The molecule has 1 amide bonds. The summed E-state index contributed by atoms with van der Waals surface area (Å²) < 4.78 is 0. The van der Waals surface area contributed by atoms with E-state index >= 15 is 0 Å². The first-order chi connectivity index (χ1) is 11.2. The highest BCUT2D eigenvalue weighted by atomic mass is 32.2. The first kappa shape index (κ1) is 15.6. The van der Waals surface area contributed by atoms with Crippen LogP contribution in [0.2, 0.25) is 0 Å². The van der Waals surface area contributed by atoms with Gasteiger partial charge in [0.25, 0.3) is 5.91 Å². The van der Waals surface area contributed by atoms with Crippen molar-refractivity contribution < 1.29 is 4.79 Å². The molecule has 4 heteroatoms. The second-order valence-corrected chi connectivity index (χ2v) is 6.43. The summed E-state index contributed by atoms with van der Waals surface area (Å²) in [6.45, 7) is 2.04. The van der Waals surface area contributed by atoms with Crippen molar-refractivity contribution in [2.24, 2.45) is 4.99 Å². The van der Waals surface area contributed by atoms with Crippen LogP contribution in [0, 0.1) is 6.92 Å². The van der Waals surface area contributed by atoms with Gasteiger partial charge in [-0.15, -0.1) is 0 Å². The zero-order chi connectivity index (χ0) is 16.1. The van der Waals surface area contributed by atoms with E-state index in [4.69, 9.17) is 0 Å². The fraction of sp³-hybridized carbons (Fsp3) is 0.158. The number of carbonyl (C=O) groups is 1. The number of aryl methyl sites for hydroxylation is 2. The number of benzene rings is 2. The van der Waals surface area contributed by atoms with Gasteiger partial charge >= 0.3 is 0 Å². The summed E-state index contributed by atoms with van der Waals surface area (Å²) in [6.07, 6.45) is 3.77. The average molecular weight is 322 g/mol. The molecule has 2 aromatic rings. The van der Waals surface area contributed by atoms with Crippen LogP contribution in [0.3, 0.4) is 0 Å². The summed E-state index contributed by atoms with van der Waals surface area (Å²) in [4.78, 5) is 17.2. The quantitative estimate of drug-likeness (QED) is 0.850. The summed E-state index contributed by atoms with van der Waals surface area (Å²) in [6, 6.07) is 18.2. The lowest BCUT2D eigenvalue weighted by molar-refractivity contribution is -0.115. The Labute approximate surface area is 140 Å². The molecule has 23 heavy (non-hydrogen) atoms. The monoisotopic (exact) mass is 322 g/mol. The molecular formula is C19H18N2OS. The molecule has 2 aromatic carbocycles. The van der Waals surface area contributed by atoms with Gasteiger partial charge in [0.1, 0.15) is 0 Å². The number of amides is 1. The normalized spacial score (nSPS) is 17.7. The lowest BCUT2D eigenvalue weighted by Gasteiger charge is -1.97. The summed E-state index contributed by atoms with van der Waals surface area (Å²) in [5.41, 5.74) is 3.32. The van der Waals surface area contributed by atoms with Gasteiger partial charge < -0.3 is 5.32 Å². The van der Waals surface area contributed by atoms with Crippen LogP contribution in [0.5, 0.6) is 0 Å². The standard InChI is InChI=1S/C19H18N2OS/c1-14-10-12-16(13-11-14)20-19-21-18(22)17(23-19)9-5-8-15-6-3-2-4-7-15/h2-4,6-7,9-13H,5,8H2,1H3,(H,20,21,22)/b17-9+. The Morgan fingerprint density at radius 2 is 1.83 bits per heavy atom. The summed E-state index contributed by atoms with van der Waals surface area (Å²) in [5, 5.41) is 3.46. The Hall–Kier alpha value is -2.33. The van der Waals surface area contributed by atoms with Crippen molar-refractivity contribution in [2.75, 3.05) is 0 Å². The van der Waals surface area contributed by atoms with Gasteiger partial charge in [0, 0.05) is 0 Å². The van der Waals surface area contributed by atoms with Crippen molar-refractivity contribution >= 4 is 28.5 Å². The van der Waals surface area contributed by atoms with Gasteiger partial charge in [-0.3, -0.25) is 4.79 Å². The Kier molecular flexibility index (Phi) is 4.93. The zero-order valence-corrected chi connectivity index (χ0v) is 13.8. The van der Waals surface area contributed by atoms with Crippen LogP contribution in [-0.2, 0) is 11.2 Å². The van der Waals surface area contributed by atoms with Crippen LogP contribution in [0.25, 0.3) is 0 Å². The molecule has 0 atom stereocenters. The van der Waals surface area contributed by atoms with Gasteiger partial charge in [0.2, 0.25) is 0 Å². The van der Waals surface area contributed by atoms with E-state index in [1.807, 2.05) is 55.5 Å². The third-order valence-corrected chi connectivity index (χ3v) is 4.48. The molecule has 0 unspecified atom stereocenters. The molecule has 3 rings (SSSR count). The smallest absolute Gasteiger partial charge is 0.263 e. The number of rotatable bonds is 4. The predicted molar refractivity (Wildman–Crippen MR) is 96.9 cm³/mol. The van der Waals surface area contributed by atoms with Crippen LogP contribution in [0.15, 0.2) is 70.6 Å². The summed E-state index contributed by atoms with van der Waals surface area (Å²) in [7, 11) is 0. The Balaban J connectivity index is 1.62. The molecule has 0 saturated carbocycles. The molecule has 0 spiro atoms. The number of hydrogen-bond donors (Lipinski definition) is 1. The van der Waals surface area contributed by atoms with Gasteiger partial charge in [-0.1, -0.05) is 54.1 Å². The van der Waals surface area contributed by atoms with Gasteiger partial charge in [-0.05, 0) is 49.2 Å². The topological polar surface area (TPSA) is 41.5 Å². The number of aliphatic imine (C=N–C) groups is 1. The molecule has 0 bridgehead atoms. The zero-order valence-electron chi connectivity index (χ0n) is 13.0. The second-order valence-electron chi connectivity index (χ2n) is 5.40. The van der Waals surface area contributed by atoms with E-state index in [1.165, 1.54) is 22.9 Å². The van der Waals surface area contributed by atoms with Crippen molar-refractivity contribution in [1.82, 2.24) is 5.32 Å². The molecule has 116 valence electrons. The van der Waals surface area contributed by atoms with E-state index in [0.29, 0.717) is 5.17 Å². The molecule has 0 radical (unpaired) electrons. The maximum absolute atomic E-state index is 12.0. The van der Waals surface area contributed by atoms with Crippen molar-refractivity contribution in [1.29, 1.82) is 0 Å². The number of nitrogens with one attached hydrogen (secondary N) is 1. The average Bonchev–Trinajstić information content (AvgIpc) is 2.90. The fourth-order valence-corrected chi connectivity index (χ4v) is 3.12. The lowest BCUT2D eigenvalue weighted by Crippen LogP contribution is -2.19. The first-order valence-corrected chi connectivity index (χ1v) is 8.41. The molecule has 1 N–H and O–H groups in total. The third kappa shape index (κ3) is 4.33. The van der Waals surface area contributed by atoms with Gasteiger partial charge in [0.05, 0.1) is 10.6 Å². The van der Waals surface area contributed by atoms with Crippen LogP contribution in [0.4, 0.5) is 5.69 Å². The van der Waals surface area contributed by atoms with Crippen LogP contribution < -0.4 is 5.32 Å². The number of hydrogen-bond acceptors (Lipinski definition) is 3. The Bertz CT molecular complexity index is 749. The highest BCUT2D eigenvalue weighted by molar-refractivity contribution is 8.18. The van der Waals surface area contributed by atoms with Crippen LogP contribution >= 0.6 is 11.8 Å². The van der Waals surface area contributed by atoms with E-state index in [0.717, 1.165) is 23.4 Å². The lowest BCUT2D eigenvalue weighted by atomic mass is 10.1. The molecule has 1 saturated heterocycles. The van der Waals surface area contributed by atoms with E-state index in [1.54, 1.807) is 0 Å². The second kappa shape index (κ2) is 7.29. The van der Waals surface area contributed by atoms with Crippen LogP contribution in [0.1, 0.15) is 17.5 Å². The largest absolute Gasteiger partial charge is 0.300 e. The van der Waals surface area contributed by atoms with Gasteiger partial charge in [-0.2, -0.15) is 0 Å². The summed E-state index contributed by atoms with van der Waals surface area (Å²) >= 11 is 1.40. The molecule has 1 heterocycles. The molecule has 0 aliphatic carbocycles. The molecule has 3 nitrogen and oxygen atoms in total. The van der Waals surface area contributed by atoms with E-state index in [-0.39, 0.29) is 5.91 Å². The Morgan fingerprint density at radius 1 is 1.09 bits per heavy atom. The number of carbonyl (C=O) groups excluding carboxylic acids is 1. The number of amidine groups is 1. The Morgan fingerprint density at radius 3 is 2.57 bits per heavy atom. The predicted octanol–water partition coefficient (Wildman–Crippen LogP) is 4.36. The number of allylic oxidation sites excluding steroid dienone is 1. The number of nitrogens with zero attached hydrogens (tertiary/aromatic N) is 1. The molecule has 0 aromatic heterocycles. The fourth-order valence-electron chi connectivity index (χ4n) is 2.27. The minimum Gasteiger partial charge on any atom is -0.300 e. The molecule has 1 fully saturated rings. The highest BCUT2D eigenvalue weighted by Crippen LogP contribution is 2.26. The van der Waals surface area contributed by atoms with Crippen molar-refractivity contribution in [3.63, 3.8) is 0 Å². The van der Waals surface area contributed by atoms with Crippen molar-refractivity contribution in [3.05, 3.63) is 76.7 Å². The van der Waals surface area contributed by atoms with E-state index in [2.05, 4.69) is 22.4 Å². The van der Waals surface area contributed by atoms with Crippen LogP contribution in [-0.4, -0.2) is 11.1 Å². The maximum atomic E-state index is 12.0. The van der Waals surface area contributed by atoms with Gasteiger partial charge in [-0.25, -0.2) is 4.99 Å². The molecule has 1 aliphatic heterocycles. The van der Waals surface area contributed by atoms with Crippen molar-refractivity contribution in [2.45, 2.75) is 19.8 Å². The van der Waals surface area contributed by atoms with Crippen molar-refractivity contribution in [3.8, 4) is 0 Å². The summed E-state index contributed by atoms with van der Waals surface area (Å²) in [5.74, 6) is -0.0612. The van der Waals surface area contributed by atoms with Gasteiger partial charge in [0.15, 0.2) is 5.17 Å². The SMILES string of the molecule is Cc1ccc(N=C2NC(=O)/C(=C\CCc3ccccc3)S2)cc1. The number of thioether (sulfide) groups is 1. The molecule has 1 aliphatic rings. The van der Waals surface area contributed by atoms with E-state index in [9.17, 15) is 4.79 Å². The highest BCUT2D eigenvalue weighted by Gasteiger charge is 2.23. The van der Waals surface area contributed by atoms with E-state index < -0.39 is 0 Å². The minimum absolute atomic E-state index is 0.0612.